The number of esters is 1. The third-order valence-corrected chi connectivity index (χ3v) is 3.86. The lowest BCUT2D eigenvalue weighted by Gasteiger charge is -2.09. The standard InChI is InChI=1S/C20H16N2O6/c1-26-17-8-4-6-14(19(17)27-2)12-16-20(23)28-18(21-16)10-9-13-5-3-7-15(11-13)22(24)25/h3-12H,1-2H3/b10-9+,16-12+. The minimum absolute atomic E-state index is 0.0294. The summed E-state index contributed by atoms with van der Waals surface area (Å²) in [5.41, 5.74) is 1.27. The van der Waals surface area contributed by atoms with Gasteiger partial charge >= 0.3 is 5.97 Å². The van der Waals surface area contributed by atoms with Crippen LogP contribution >= 0.6 is 0 Å². The number of non-ortho nitro benzene ring substituents is 1. The highest BCUT2D eigenvalue weighted by molar-refractivity contribution is 6.11. The van der Waals surface area contributed by atoms with Gasteiger partial charge in [0.2, 0.25) is 5.90 Å². The summed E-state index contributed by atoms with van der Waals surface area (Å²) >= 11 is 0. The van der Waals surface area contributed by atoms with Crippen LogP contribution < -0.4 is 9.47 Å². The average Bonchev–Trinajstić information content (AvgIpc) is 3.05. The van der Waals surface area contributed by atoms with Crippen LogP contribution in [-0.2, 0) is 9.53 Å². The lowest BCUT2D eigenvalue weighted by molar-refractivity contribution is -0.384. The molecule has 0 aromatic heterocycles. The van der Waals surface area contributed by atoms with E-state index in [1.54, 1.807) is 36.4 Å². The van der Waals surface area contributed by atoms with Gasteiger partial charge in [-0.1, -0.05) is 24.3 Å². The minimum atomic E-state index is -0.608. The summed E-state index contributed by atoms with van der Waals surface area (Å²) in [6.45, 7) is 0. The van der Waals surface area contributed by atoms with Gasteiger partial charge in [0.1, 0.15) is 0 Å². The van der Waals surface area contributed by atoms with E-state index in [0.717, 1.165) is 0 Å². The lowest BCUT2D eigenvalue weighted by atomic mass is 10.1. The second-order valence-corrected chi connectivity index (χ2v) is 5.64. The Morgan fingerprint density at radius 1 is 1.11 bits per heavy atom. The van der Waals surface area contributed by atoms with Crippen LogP contribution in [0.3, 0.4) is 0 Å². The third kappa shape index (κ3) is 4.07. The number of nitrogens with zero attached hydrogens (tertiary/aromatic N) is 2. The maximum atomic E-state index is 12.1. The molecule has 1 aliphatic heterocycles. The van der Waals surface area contributed by atoms with Crippen molar-refractivity contribution in [3.05, 3.63) is 75.5 Å². The summed E-state index contributed by atoms with van der Waals surface area (Å²) in [6, 6.07) is 11.3. The molecule has 0 bridgehead atoms. The molecule has 2 aromatic rings. The summed E-state index contributed by atoms with van der Waals surface area (Å²) < 4.78 is 15.7. The number of nitro benzene ring substituents is 1. The van der Waals surface area contributed by atoms with E-state index in [-0.39, 0.29) is 17.3 Å². The van der Waals surface area contributed by atoms with Crippen LogP contribution in [0.4, 0.5) is 5.69 Å². The van der Waals surface area contributed by atoms with Gasteiger partial charge in [0.15, 0.2) is 17.2 Å². The number of para-hydroxylation sites is 1. The van der Waals surface area contributed by atoms with Crippen molar-refractivity contribution in [2.45, 2.75) is 0 Å². The normalized spacial score (nSPS) is 14.9. The molecule has 0 atom stereocenters. The number of aliphatic imine (C=N–C) groups is 1. The van der Waals surface area contributed by atoms with Crippen molar-refractivity contribution in [3.8, 4) is 11.5 Å². The predicted octanol–water partition coefficient (Wildman–Crippen LogP) is 3.62. The molecule has 8 heteroatoms. The molecule has 3 rings (SSSR count). The van der Waals surface area contributed by atoms with Gasteiger partial charge in [-0.05, 0) is 23.8 Å². The van der Waals surface area contributed by atoms with E-state index in [1.807, 2.05) is 0 Å². The Hall–Kier alpha value is -3.94. The van der Waals surface area contributed by atoms with Crippen molar-refractivity contribution in [1.29, 1.82) is 0 Å². The Morgan fingerprint density at radius 3 is 2.61 bits per heavy atom. The zero-order valence-electron chi connectivity index (χ0n) is 15.1. The largest absolute Gasteiger partial charge is 0.493 e. The van der Waals surface area contributed by atoms with E-state index in [2.05, 4.69) is 4.99 Å². The molecule has 0 fully saturated rings. The monoisotopic (exact) mass is 380 g/mol. The third-order valence-electron chi connectivity index (χ3n) is 3.86. The smallest absolute Gasteiger partial charge is 0.363 e. The Morgan fingerprint density at radius 2 is 1.89 bits per heavy atom. The number of cyclic esters (lactones) is 1. The van der Waals surface area contributed by atoms with E-state index in [4.69, 9.17) is 14.2 Å². The number of hydrogen-bond donors (Lipinski definition) is 0. The van der Waals surface area contributed by atoms with Gasteiger partial charge < -0.3 is 14.2 Å². The fourth-order valence-electron chi connectivity index (χ4n) is 2.58. The van der Waals surface area contributed by atoms with Gasteiger partial charge in [-0.25, -0.2) is 9.79 Å². The average molecular weight is 380 g/mol. The van der Waals surface area contributed by atoms with Gasteiger partial charge in [-0.2, -0.15) is 0 Å². The topological polar surface area (TPSA) is 100 Å². The Labute approximate surface area is 160 Å². The lowest BCUT2D eigenvalue weighted by Crippen LogP contribution is -2.01. The SMILES string of the molecule is COc1cccc(/C=C2N=C(/C=C/c3cccc([N+](=O)[O-])c3)OC/2=O)c1OC. The van der Waals surface area contributed by atoms with Crippen molar-refractivity contribution >= 4 is 29.7 Å². The molecule has 1 aliphatic rings. The zero-order chi connectivity index (χ0) is 20.1. The van der Waals surface area contributed by atoms with Gasteiger partial charge in [-0.3, -0.25) is 10.1 Å². The molecule has 0 N–H and O–H groups in total. The first-order chi connectivity index (χ1) is 13.5. The molecule has 28 heavy (non-hydrogen) atoms. The molecule has 142 valence electrons. The number of nitro groups is 1. The Bertz CT molecular complexity index is 1020. The number of hydrogen-bond acceptors (Lipinski definition) is 7. The highest BCUT2D eigenvalue weighted by Crippen LogP contribution is 2.32. The molecule has 8 nitrogen and oxygen atoms in total. The van der Waals surface area contributed by atoms with Crippen LogP contribution in [0.25, 0.3) is 12.2 Å². The number of ether oxygens (including phenoxy) is 3. The molecule has 0 amide bonds. The quantitative estimate of drug-likeness (QED) is 0.328. The maximum Gasteiger partial charge on any atom is 0.363 e. The number of benzene rings is 2. The summed E-state index contributed by atoms with van der Waals surface area (Å²) in [6.07, 6.45) is 4.59. The van der Waals surface area contributed by atoms with Crippen molar-refractivity contribution in [2.75, 3.05) is 14.2 Å². The van der Waals surface area contributed by atoms with Gasteiger partial charge in [-0.15, -0.1) is 0 Å². The summed E-state index contributed by atoms with van der Waals surface area (Å²) in [4.78, 5) is 26.6. The summed E-state index contributed by atoms with van der Waals surface area (Å²) in [7, 11) is 3.02. The molecule has 0 saturated carbocycles. The van der Waals surface area contributed by atoms with E-state index in [1.165, 1.54) is 38.5 Å². The molecular weight excluding hydrogens is 364 g/mol. The molecule has 0 radical (unpaired) electrons. The van der Waals surface area contributed by atoms with Crippen molar-refractivity contribution < 1.29 is 23.9 Å². The highest BCUT2D eigenvalue weighted by atomic mass is 16.6. The van der Waals surface area contributed by atoms with Crippen LogP contribution in [-0.4, -0.2) is 31.0 Å². The van der Waals surface area contributed by atoms with Crippen LogP contribution in [0, 0.1) is 10.1 Å². The number of methoxy groups -OCH3 is 2. The van der Waals surface area contributed by atoms with Gasteiger partial charge in [0, 0.05) is 23.8 Å². The number of carbonyl (C=O) groups excluding carboxylic acids is 1. The molecule has 1 heterocycles. The van der Waals surface area contributed by atoms with E-state index < -0.39 is 10.9 Å². The van der Waals surface area contributed by atoms with Crippen molar-refractivity contribution in [1.82, 2.24) is 0 Å². The molecular formula is C20H16N2O6. The van der Waals surface area contributed by atoms with Crippen molar-refractivity contribution in [3.63, 3.8) is 0 Å². The molecule has 0 aliphatic carbocycles. The van der Waals surface area contributed by atoms with E-state index >= 15 is 0 Å². The minimum Gasteiger partial charge on any atom is -0.493 e. The van der Waals surface area contributed by atoms with Crippen LogP contribution in [0.5, 0.6) is 11.5 Å². The van der Waals surface area contributed by atoms with Crippen LogP contribution in [0.15, 0.2) is 59.2 Å². The first-order valence-corrected chi connectivity index (χ1v) is 8.18. The summed E-state index contributed by atoms with van der Waals surface area (Å²) in [5, 5.41) is 10.8. The molecule has 0 unspecified atom stereocenters. The predicted molar refractivity (Wildman–Crippen MR) is 103 cm³/mol. The molecule has 0 spiro atoms. The highest BCUT2D eigenvalue weighted by Gasteiger charge is 2.22. The van der Waals surface area contributed by atoms with Gasteiger partial charge in [0.05, 0.1) is 19.1 Å². The zero-order valence-corrected chi connectivity index (χ0v) is 15.1. The Balaban J connectivity index is 1.86. The second-order valence-electron chi connectivity index (χ2n) is 5.64. The Kier molecular flexibility index (Phi) is 5.50. The fraction of sp³-hybridized carbons (Fsp3) is 0.100. The van der Waals surface area contributed by atoms with Crippen LogP contribution in [0.2, 0.25) is 0 Å². The van der Waals surface area contributed by atoms with Crippen LogP contribution in [0.1, 0.15) is 11.1 Å². The van der Waals surface area contributed by atoms with Gasteiger partial charge in [0.25, 0.3) is 5.69 Å². The first-order valence-electron chi connectivity index (χ1n) is 8.18. The maximum absolute atomic E-state index is 12.1. The summed E-state index contributed by atoms with van der Waals surface area (Å²) in [5.74, 6) is 0.479. The van der Waals surface area contributed by atoms with E-state index in [0.29, 0.717) is 22.6 Å². The fourth-order valence-corrected chi connectivity index (χ4v) is 2.58. The van der Waals surface area contributed by atoms with Crippen molar-refractivity contribution in [2.24, 2.45) is 4.99 Å². The second kappa shape index (κ2) is 8.17. The molecule has 0 saturated heterocycles. The number of rotatable bonds is 6. The first kappa shape index (κ1) is 18.8. The molecule has 2 aromatic carbocycles. The number of carbonyl (C=O) groups is 1. The van der Waals surface area contributed by atoms with E-state index in [9.17, 15) is 14.9 Å².